The number of phenolic OH excluding ortho intramolecular Hbond substituents is 2. The van der Waals surface area contributed by atoms with Crippen LogP contribution in [0.25, 0.3) is 0 Å². The summed E-state index contributed by atoms with van der Waals surface area (Å²) in [6.45, 7) is 0. The molecule has 5 rings (SSSR count). The van der Waals surface area contributed by atoms with Gasteiger partial charge in [0, 0.05) is 5.41 Å². The third-order valence-corrected chi connectivity index (χ3v) is 7.29. The van der Waals surface area contributed by atoms with Crippen LogP contribution >= 0.6 is 0 Å². The quantitative estimate of drug-likeness (QED) is 0.831. The van der Waals surface area contributed by atoms with Gasteiger partial charge in [-0.1, -0.05) is 30.7 Å². The average Bonchev–Trinajstić information content (AvgIpc) is 3.28. The molecule has 3 saturated carbocycles. The Hall–Kier alpha value is -1.96. The number of hydrogen-bond donors (Lipinski definition) is 2. The van der Waals surface area contributed by atoms with Gasteiger partial charge in [-0.3, -0.25) is 0 Å². The molecule has 2 heteroatoms. The lowest BCUT2D eigenvalue weighted by Gasteiger charge is -2.44. The van der Waals surface area contributed by atoms with E-state index in [0.29, 0.717) is 17.4 Å². The van der Waals surface area contributed by atoms with Crippen LogP contribution in [-0.4, -0.2) is 10.2 Å². The molecule has 2 aromatic carbocycles. The fourth-order valence-corrected chi connectivity index (χ4v) is 6.49. The van der Waals surface area contributed by atoms with Gasteiger partial charge < -0.3 is 10.2 Å². The van der Waals surface area contributed by atoms with Gasteiger partial charge >= 0.3 is 0 Å². The molecule has 0 unspecified atom stereocenters. The van der Waals surface area contributed by atoms with Crippen LogP contribution in [0.2, 0.25) is 0 Å². The zero-order valence-electron chi connectivity index (χ0n) is 13.9. The van der Waals surface area contributed by atoms with E-state index < -0.39 is 0 Å². The molecule has 3 aliphatic rings. The van der Waals surface area contributed by atoms with Crippen LogP contribution < -0.4 is 0 Å². The highest BCUT2D eigenvalue weighted by Gasteiger charge is 2.61. The second kappa shape index (κ2) is 5.02. The number of hydrogen-bond acceptors (Lipinski definition) is 2. The highest BCUT2D eigenvalue weighted by Crippen LogP contribution is 2.68. The highest BCUT2D eigenvalue weighted by atomic mass is 16.3. The van der Waals surface area contributed by atoms with E-state index in [9.17, 15) is 10.2 Å². The molecule has 0 aliphatic heterocycles. The normalized spacial score (nSPS) is 32.8. The smallest absolute Gasteiger partial charge is 0.115 e. The van der Waals surface area contributed by atoms with Gasteiger partial charge in [0.2, 0.25) is 0 Å². The van der Waals surface area contributed by atoms with Gasteiger partial charge in [-0.15, -0.1) is 0 Å². The molecule has 4 atom stereocenters. The molecule has 2 bridgehead atoms. The molecule has 0 heterocycles. The van der Waals surface area contributed by atoms with E-state index in [0.717, 1.165) is 17.8 Å². The summed E-state index contributed by atoms with van der Waals surface area (Å²) in [5.41, 5.74) is 2.73. The molecule has 0 amide bonds. The third-order valence-electron chi connectivity index (χ3n) is 7.29. The van der Waals surface area contributed by atoms with E-state index in [2.05, 4.69) is 24.3 Å². The number of rotatable bonds is 2. The van der Waals surface area contributed by atoms with Crippen LogP contribution in [0.5, 0.6) is 11.5 Å². The summed E-state index contributed by atoms with van der Waals surface area (Å²) in [7, 11) is 0. The van der Waals surface area contributed by atoms with E-state index in [1.165, 1.54) is 43.2 Å². The molecule has 0 aromatic heterocycles. The number of aromatic hydroxyl groups is 2. The lowest BCUT2D eigenvalue weighted by Crippen LogP contribution is -2.40. The van der Waals surface area contributed by atoms with Crippen molar-refractivity contribution in [2.45, 2.75) is 37.5 Å². The number of phenols is 2. The van der Waals surface area contributed by atoms with Crippen molar-refractivity contribution in [3.05, 3.63) is 59.7 Å². The predicted molar refractivity (Wildman–Crippen MR) is 94.0 cm³/mol. The van der Waals surface area contributed by atoms with E-state index >= 15 is 0 Å². The fraction of sp³-hybridized carbons (Fsp3) is 0.455. The van der Waals surface area contributed by atoms with Crippen LogP contribution in [0, 0.1) is 23.7 Å². The molecule has 2 nitrogen and oxygen atoms in total. The third kappa shape index (κ3) is 1.83. The topological polar surface area (TPSA) is 40.5 Å². The van der Waals surface area contributed by atoms with Crippen LogP contribution in [0.3, 0.4) is 0 Å². The Balaban J connectivity index is 1.67. The Bertz CT molecular complexity index is 701. The van der Waals surface area contributed by atoms with Crippen molar-refractivity contribution in [1.29, 1.82) is 0 Å². The van der Waals surface area contributed by atoms with Crippen molar-refractivity contribution >= 4 is 0 Å². The minimum absolute atomic E-state index is 0.0531. The second-order valence-electron chi connectivity index (χ2n) is 8.13. The van der Waals surface area contributed by atoms with Crippen LogP contribution in [0.4, 0.5) is 0 Å². The zero-order valence-corrected chi connectivity index (χ0v) is 13.9. The molecule has 0 radical (unpaired) electrons. The Morgan fingerprint density at radius 1 is 0.750 bits per heavy atom. The molecule has 24 heavy (non-hydrogen) atoms. The summed E-state index contributed by atoms with van der Waals surface area (Å²) < 4.78 is 0. The Labute approximate surface area is 143 Å². The molecule has 3 aliphatic carbocycles. The molecule has 124 valence electrons. The Kier molecular flexibility index (Phi) is 3.01. The van der Waals surface area contributed by atoms with Crippen molar-refractivity contribution in [3.8, 4) is 11.5 Å². The first-order valence-electron chi connectivity index (χ1n) is 9.27. The molecule has 2 N–H and O–H groups in total. The van der Waals surface area contributed by atoms with E-state index in [-0.39, 0.29) is 5.41 Å². The fourth-order valence-electron chi connectivity index (χ4n) is 6.49. The van der Waals surface area contributed by atoms with Gasteiger partial charge in [0.15, 0.2) is 0 Å². The monoisotopic (exact) mass is 320 g/mol. The lowest BCUT2D eigenvalue weighted by molar-refractivity contribution is 0.181. The first-order chi connectivity index (χ1) is 11.7. The minimum Gasteiger partial charge on any atom is -0.508 e. The first-order valence-corrected chi connectivity index (χ1v) is 9.27. The first kappa shape index (κ1) is 14.4. The summed E-state index contributed by atoms with van der Waals surface area (Å²) in [5.74, 6) is 4.00. The van der Waals surface area contributed by atoms with E-state index in [1.54, 1.807) is 0 Å². The van der Waals surface area contributed by atoms with Gasteiger partial charge in [0.25, 0.3) is 0 Å². The van der Waals surface area contributed by atoms with Gasteiger partial charge in [0.05, 0.1) is 0 Å². The summed E-state index contributed by atoms with van der Waals surface area (Å²) >= 11 is 0. The number of benzene rings is 2. The summed E-state index contributed by atoms with van der Waals surface area (Å²) in [6.07, 6.45) is 6.76. The lowest BCUT2D eigenvalue weighted by atomic mass is 9.59. The second-order valence-corrected chi connectivity index (χ2v) is 8.13. The van der Waals surface area contributed by atoms with Crippen molar-refractivity contribution in [2.75, 3.05) is 0 Å². The SMILES string of the molecule is Oc1ccc(C2(c3ccc(O)cc3)C[C@H]3C[C@@H]2[C@H]2CCC[C@@H]32)cc1. The van der Waals surface area contributed by atoms with E-state index in [4.69, 9.17) is 0 Å². The summed E-state index contributed by atoms with van der Waals surface area (Å²) in [6, 6.07) is 15.8. The molecular formula is C22H24O2. The predicted octanol–water partition coefficient (Wildman–Crippen LogP) is 4.84. The molecule has 0 saturated heterocycles. The van der Waals surface area contributed by atoms with Crippen LogP contribution in [0.1, 0.15) is 43.2 Å². The van der Waals surface area contributed by atoms with Crippen molar-refractivity contribution in [1.82, 2.24) is 0 Å². The van der Waals surface area contributed by atoms with Crippen molar-refractivity contribution < 1.29 is 10.2 Å². The molecule has 3 fully saturated rings. The average molecular weight is 320 g/mol. The maximum absolute atomic E-state index is 9.74. The standard InChI is InChI=1S/C22H24O2/c23-17-8-4-15(5-9-17)22(16-6-10-18(24)11-7-16)13-14-12-21(22)20-3-1-2-19(14)20/h4-11,14,19-21,23-24H,1-3,12-13H2/t14-,19+,20+,21-/m1/s1. The Morgan fingerprint density at radius 3 is 1.88 bits per heavy atom. The molecule has 0 spiro atoms. The van der Waals surface area contributed by atoms with Gasteiger partial charge in [-0.05, 0) is 84.7 Å². The minimum atomic E-state index is 0.0531. The maximum Gasteiger partial charge on any atom is 0.115 e. The van der Waals surface area contributed by atoms with Crippen molar-refractivity contribution in [3.63, 3.8) is 0 Å². The highest BCUT2D eigenvalue weighted by molar-refractivity contribution is 5.46. The van der Waals surface area contributed by atoms with Crippen LogP contribution in [-0.2, 0) is 5.41 Å². The van der Waals surface area contributed by atoms with Gasteiger partial charge in [-0.25, -0.2) is 0 Å². The maximum atomic E-state index is 9.74. The Morgan fingerprint density at radius 2 is 1.29 bits per heavy atom. The number of fused-ring (bicyclic) bond motifs is 5. The summed E-state index contributed by atoms with van der Waals surface area (Å²) in [4.78, 5) is 0. The molecule has 2 aromatic rings. The van der Waals surface area contributed by atoms with E-state index in [1.807, 2.05) is 24.3 Å². The summed E-state index contributed by atoms with van der Waals surface area (Å²) in [5, 5.41) is 19.5. The largest absolute Gasteiger partial charge is 0.508 e. The molecular weight excluding hydrogens is 296 g/mol. The zero-order chi connectivity index (χ0) is 16.3. The van der Waals surface area contributed by atoms with Gasteiger partial charge in [0.1, 0.15) is 11.5 Å². The van der Waals surface area contributed by atoms with Crippen LogP contribution in [0.15, 0.2) is 48.5 Å². The van der Waals surface area contributed by atoms with Crippen molar-refractivity contribution in [2.24, 2.45) is 23.7 Å². The van der Waals surface area contributed by atoms with Gasteiger partial charge in [-0.2, -0.15) is 0 Å².